The molecule has 0 radical (unpaired) electrons. The summed E-state index contributed by atoms with van der Waals surface area (Å²) in [7, 11) is -3.52. The summed E-state index contributed by atoms with van der Waals surface area (Å²) >= 11 is 4.52. The van der Waals surface area contributed by atoms with Crippen LogP contribution in [0.3, 0.4) is 0 Å². The van der Waals surface area contributed by atoms with Crippen LogP contribution in [-0.2, 0) is 10.0 Å². The number of aliphatic hydroxyl groups excluding tert-OH is 1. The molecule has 4 nitrogen and oxygen atoms in total. The smallest absolute Gasteiger partial charge is 0.250 e. The average Bonchev–Trinajstić information content (AvgIpc) is 2.63. The molecule has 2 N–H and O–H groups in total. The summed E-state index contributed by atoms with van der Waals surface area (Å²) < 4.78 is 28.1. The van der Waals surface area contributed by atoms with Crippen LogP contribution in [0.2, 0.25) is 0 Å². The van der Waals surface area contributed by atoms with Gasteiger partial charge in [0.15, 0.2) is 0 Å². The Hall–Kier alpha value is 0.0500. The highest BCUT2D eigenvalue weighted by Gasteiger charge is 2.29. The Labute approximate surface area is 120 Å². The largest absolute Gasteiger partial charge is 0.391 e. The van der Waals surface area contributed by atoms with Crippen molar-refractivity contribution in [1.82, 2.24) is 4.72 Å². The summed E-state index contributed by atoms with van der Waals surface area (Å²) in [6.45, 7) is 1.86. The number of rotatable bonds is 3. The maximum Gasteiger partial charge on any atom is 0.250 e. The summed E-state index contributed by atoms with van der Waals surface area (Å²) in [4.78, 5) is 0. The van der Waals surface area contributed by atoms with E-state index in [0.29, 0.717) is 17.1 Å². The second-order valence-corrected chi connectivity index (χ2v) is 8.91. The molecule has 0 spiro atoms. The first-order valence-corrected chi connectivity index (χ1v) is 8.96. The maximum absolute atomic E-state index is 12.2. The Morgan fingerprint density at radius 1 is 1.44 bits per heavy atom. The van der Waals surface area contributed by atoms with Crippen molar-refractivity contribution in [3.05, 3.63) is 15.4 Å². The van der Waals surface area contributed by atoms with Gasteiger partial charge >= 0.3 is 0 Å². The molecule has 1 aromatic rings. The zero-order valence-corrected chi connectivity index (χ0v) is 13.2. The van der Waals surface area contributed by atoms with Gasteiger partial charge in [0, 0.05) is 6.04 Å². The van der Waals surface area contributed by atoms with Crippen molar-refractivity contribution in [2.75, 3.05) is 0 Å². The van der Waals surface area contributed by atoms with E-state index in [4.69, 9.17) is 0 Å². The third-order valence-electron chi connectivity index (χ3n) is 3.14. The van der Waals surface area contributed by atoms with Crippen molar-refractivity contribution in [1.29, 1.82) is 0 Å². The zero-order valence-electron chi connectivity index (χ0n) is 10.0. The molecule has 2 atom stereocenters. The fourth-order valence-electron chi connectivity index (χ4n) is 2.07. The normalized spacial score (nSPS) is 25.3. The highest BCUT2D eigenvalue weighted by Crippen LogP contribution is 2.31. The van der Waals surface area contributed by atoms with E-state index in [1.807, 2.05) is 6.92 Å². The Kier molecular flexibility index (Phi) is 4.48. The van der Waals surface area contributed by atoms with Gasteiger partial charge in [0.25, 0.3) is 0 Å². The highest BCUT2D eigenvalue weighted by atomic mass is 79.9. The number of sulfonamides is 1. The van der Waals surface area contributed by atoms with Gasteiger partial charge in [-0.2, -0.15) is 0 Å². The van der Waals surface area contributed by atoms with Gasteiger partial charge in [-0.25, -0.2) is 13.1 Å². The lowest BCUT2D eigenvalue weighted by molar-refractivity contribution is 0.101. The van der Waals surface area contributed by atoms with Gasteiger partial charge in [0.1, 0.15) is 4.21 Å². The Morgan fingerprint density at radius 3 is 2.67 bits per heavy atom. The second-order valence-electron chi connectivity index (χ2n) is 4.60. The molecule has 7 heteroatoms. The Morgan fingerprint density at radius 2 is 2.11 bits per heavy atom. The first-order valence-electron chi connectivity index (χ1n) is 5.86. The maximum atomic E-state index is 12.2. The van der Waals surface area contributed by atoms with E-state index in [9.17, 15) is 13.5 Å². The predicted octanol–water partition coefficient (Wildman–Crippen LogP) is 2.40. The van der Waals surface area contributed by atoms with Crippen molar-refractivity contribution >= 4 is 37.3 Å². The van der Waals surface area contributed by atoms with Crippen molar-refractivity contribution < 1.29 is 13.5 Å². The third-order valence-corrected chi connectivity index (χ3v) is 7.24. The molecule has 2 rings (SSSR count). The minimum Gasteiger partial charge on any atom is -0.391 e. The molecule has 0 saturated heterocycles. The van der Waals surface area contributed by atoms with E-state index in [1.54, 1.807) is 6.07 Å². The molecule has 1 saturated carbocycles. The van der Waals surface area contributed by atoms with E-state index in [2.05, 4.69) is 20.7 Å². The lowest BCUT2D eigenvalue weighted by atomic mass is 9.93. The van der Waals surface area contributed by atoms with Crippen LogP contribution in [0.15, 0.2) is 14.1 Å². The molecule has 0 aromatic carbocycles. The van der Waals surface area contributed by atoms with Crippen LogP contribution in [0, 0.1) is 6.92 Å². The summed E-state index contributed by atoms with van der Waals surface area (Å²) in [5.41, 5.74) is 0.907. The molecule has 1 heterocycles. The number of aryl methyl sites for hydroxylation is 1. The molecular weight excluding hydrogens is 338 g/mol. The van der Waals surface area contributed by atoms with E-state index >= 15 is 0 Å². The first kappa shape index (κ1) is 14.5. The SMILES string of the molecule is Cc1cc(S(=O)(=O)NC2CCCCC2O)sc1Br. The van der Waals surface area contributed by atoms with Crippen LogP contribution in [0.1, 0.15) is 31.2 Å². The van der Waals surface area contributed by atoms with Gasteiger partial charge in [-0.3, -0.25) is 0 Å². The predicted molar refractivity (Wildman–Crippen MR) is 75.3 cm³/mol. The topological polar surface area (TPSA) is 66.4 Å². The molecule has 1 aromatic heterocycles. The second kappa shape index (κ2) is 5.58. The fraction of sp³-hybridized carbons (Fsp3) is 0.636. The molecule has 0 aliphatic heterocycles. The molecule has 18 heavy (non-hydrogen) atoms. The number of aliphatic hydroxyl groups is 1. The molecule has 0 amide bonds. The molecule has 102 valence electrons. The molecule has 2 unspecified atom stereocenters. The van der Waals surface area contributed by atoms with Crippen LogP contribution in [0.25, 0.3) is 0 Å². The molecular formula is C11H16BrNO3S2. The van der Waals surface area contributed by atoms with E-state index < -0.39 is 16.1 Å². The van der Waals surface area contributed by atoms with Gasteiger partial charge < -0.3 is 5.11 Å². The standard InChI is InChI=1S/C11H16BrNO3S2/c1-7-6-10(17-11(7)12)18(15,16)13-8-4-2-3-5-9(8)14/h6,8-9,13-14H,2-5H2,1H3. The average molecular weight is 354 g/mol. The Balaban J connectivity index is 2.16. The van der Waals surface area contributed by atoms with Gasteiger partial charge in [0.2, 0.25) is 10.0 Å². The summed E-state index contributed by atoms with van der Waals surface area (Å²) in [5, 5.41) is 9.81. The van der Waals surface area contributed by atoms with Crippen LogP contribution in [0.4, 0.5) is 0 Å². The molecule has 1 fully saturated rings. The highest BCUT2D eigenvalue weighted by molar-refractivity contribution is 9.11. The van der Waals surface area contributed by atoms with Crippen LogP contribution >= 0.6 is 27.3 Å². The van der Waals surface area contributed by atoms with Crippen LogP contribution in [-0.4, -0.2) is 25.7 Å². The number of thiophene rings is 1. The number of halogens is 1. The van der Waals surface area contributed by atoms with E-state index in [-0.39, 0.29) is 6.04 Å². The summed E-state index contributed by atoms with van der Waals surface area (Å²) in [6.07, 6.45) is 2.71. The summed E-state index contributed by atoms with van der Waals surface area (Å²) in [5.74, 6) is 0. The number of hydrogen-bond donors (Lipinski definition) is 2. The van der Waals surface area contributed by atoms with Crippen molar-refractivity contribution in [2.45, 2.75) is 49.0 Å². The van der Waals surface area contributed by atoms with E-state index in [1.165, 1.54) is 11.3 Å². The molecule has 1 aliphatic carbocycles. The minimum atomic E-state index is -3.52. The van der Waals surface area contributed by atoms with Crippen molar-refractivity contribution in [3.63, 3.8) is 0 Å². The monoisotopic (exact) mass is 353 g/mol. The van der Waals surface area contributed by atoms with Crippen LogP contribution in [0.5, 0.6) is 0 Å². The third kappa shape index (κ3) is 3.14. The van der Waals surface area contributed by atoms with Gasteiger partial charge in [-0.1, -0.05) is 12.8 Å². The molecule has 1 aliphatic rings. The Bertz CT molecular complexity index is 507. The van der Waals surface area contributed by atoms with Gasteiger partial charge in [-0.05, 0) is 47.3 Å². The van der Waals surface area contributed by atoms with Gasteiger partial charge in [0.05, 0.1) is 9.89 Å². The number of nitrogens with one attached hydrogen (secondary N) is 1. The minimum absolute atomic E-state index is 0.296. The quantitative estimate of drug-likeness (QED) is 0.876. The lowest BCUT2D eigenvalue weighted by Crippen LogP contribution is -2.44. The van der Waals surface area contributed by atoms with Gasteiger partial charge in [-0.15, -0.1) is 11.3 Å². The lowest BCUT2D eigenvalue weighted by Gasteiger charge is -2.27. The summed E-state index contributed by atoms with van der Waals surface area (Å²) in [6, 6.07) is 1.29. The number of hydrogen-bond acceptors (Lipinski definition) is 4. The van der Waals surface area contributed by atoms with E-state index in [0.717, 1.165) is 22.2 Å². The van der Waals surface area contributed by atoms with Crippen molar-refractivity contribution in [2.24, 2.45) is 0 Å². The van der Waals surface area contributed by atoms with Crippen molar-refractivity contribution in [3.8, 4) is 0 Å². The first-order chi connectivity index (χ1) is 8.40. The zero-order chi connectivity index (χ0) is 13.3. The fourth-order valence-corrected chi connectivity index (χ4v) is 5.62. The van der Waals surface area contributed by atoms with Crippen LogP contribution < -0.4 is 4.72 Å². The molecule has 0 bridgehead atoms.